The van der Waals surface area contributed by atoms with Crippen LogP contribution in [0.2, 0.25) is 0 Å². The lowest BCUT2D eigenvalue weighted by molar-refractivity contribution is -0.111. The topological polar surface area (TPSA) is 81.4 Å². The first-order chi connectivity index (χ1) is 12.8. The Bertz CT molecular complexity index is 865. The fourth-order valence-electron chi connectivity index (χ4n) is 2.05. The Balaban J connectivity index is 2.20. The molecule has 0 saturated carbocycles. The number of rotatable bonds is 7. The van der Waals surface area contributed by atoms with Gasteiger partial charge in [-0.2, -0.15) is 0 Å². The van der Waals surface area contributed by atoms with Crippen molar-refractivity contribution < 1.29 is 31.9 Å². The third kappa shape index (κ3) is 5.56. The maximum absolute atomic E-state index is 13.5. The smallest absolute Gasteiger partial charge is 0.272 e. The van der Waals surface area contributed by atoms with Crippen molar-refractivity contribution in [2.45, 2.75) is 6.43 Å². The van der Waals surface area contributed by atoms with Gasteiger partial charge in [-0.15, -0.1) is 0 Å². The lowest BCUT2D eigenvalue weighted by Crippen LogP contribution is -2.15. The third-order valence-corrected chi connectivity index (χ3v) is 3.29. The fraction of sp³-hybridized carbons (Fsp3) is 0.111. The van der Waals surface area contributed by atoms with Crippen molar-refractivity contribution in [3.8, 4) is 5.75 Å². The van der Waals surface area contributed by atoms with Crippen molar-refractivity contribution in [2.24, 2.45) is 5.73 Å². The van der Waals surface area contributed by atoms with E-state index in [-0.39, 0.29) is 17.0 Å². The molecule has 0 unspecified atom stereocenters. The molecule has 142 valence electrons. The Kier molecular flexibility index (Phi) is 6.53. The minimum absolute atomic E-state index is 0.0127. The van der Waals surface area contributed by atoms with E-state index >= 15 is 0 Å². The lowest BCUT2D eigenvalue weighted by atomic mass is 10.1. The number of carbonyl (C=O) groups is 2. The van der Waals surface area contributed by atoms with Crippen LogP contribution in [0.5, 0.6) is 5.75 Å². The molecular formula is C18H14F4N2O3. The van der Waals surface area contributed by atoms with Crippen molar-refractivity contribution in [2.75, 3.05) is 11.9 Å². The van der Waals surface area contributed by atoms with Crippen molar-refractivity contribution in [3.63, 3.8) is 0 Å². The molecular weight excluding hydrogens is 368 g/mol. The first kappa shape index (κ1) is 20.0. The molecule has 2 rings (SSSR count). The van der Waals surface area contributed by atoms with E-state index in [0.29, 0.717) is 0 Å². The lowest BCUT2D eigenvalue weighted by Gasteiger charge is -2.12. The number of nitrogens with two attached hydrogens (primary N) is 1. The van der Waals surface area contributed by atoms with Crippen LogP contribution in [0.25, 0.3) is 6.08 Å². The summed E-state index contributed by atoms with van der Waals surface area (Å²) < 4.78 is 56.7. The number of benzene rings is 2. The highest BCUT2D eigenvalue weighted by Gasteiger charge is 2.13. The molecule has 2 aromatic rings. The number of alkyl halides is 2. The summed E-state index contributed by atoms with van der Waals surface area (Å²) in [5.74, 6) is -3.53. The Hall–Kier alpha value is -3.36. The van der Waals surface area contributed by atoms with Gasteiger partial charge in [0.1, 0.15) is 24.0 Å². The number of carbonyl (C=O) groups excluding carboxylic acids is 2. The zero-order chi connectivity index (χ0) is 20.0. The summed E-state index contributed by atoms with van der Waals surface area (Å²) in [6, 6.07) is 6.82. The summed E-state index contributed by atoms with van der Waals surface area (Å²) in [4.78, 5) is 23.2. The van der Waals surface area contributed by atoms with Crippen LogP contribution in [0.15, 0.2) is 42.5 Å². The van der Waals surface area contributed by atoms with Gasteiger partial charge in [0.2, 0.25) is 11.8 Å². The quantitative estimate of drug-likeness (QED) is 0.569. The summed E-state index contributed by atoms with van der Waals surface area (Å²) in [6.45, 7) is -0.971. The summed E-state index contributed by atoms with van der Waals surface area (Å²) in [5.41, 5.74) is 4.67. The van der Waals surface area contributed by atoms with Gasteiger partial charge >= 0.3 is 0 Å². The normalized spacial score (nSPS) is 11.0. The van der Waals surface area contributed by atoms with Gasteiger partial charge in [-0.3, -0.25) is 9.59 Å². The second-order valence-corrected chi connectivity index (χ2v) is 5.24. The summed E-state index contributed by atoms with van der Waals surface area (Å²) in [5, 5.41) is 2.32. The standard InChI is InChI=1S/C18H14F4N2O3/c19-12-2-1-3-13(20)11(12)5-7-17(25)24-14-6-4-10(18(23)26)8-15(14)27-9-16(21)22/h1-8,16H,9H2,(H2,23,26)(H,24,25)/b7-5+. The van der Waals surface area contributed by atoms with Gasteiger partial charge in [-0.05, 0) is 36.4 Å². The van der Waals surface area contributed by atoms with E-state index in [1.807, 2.05) is 0 Å². The van der Waals surface area contributed by atoms with Crippen LogP contribution in [0.1, 0.15) is 15.9 Å². The van der Waals surface area contributed by atoms with Gasteiger partial charge in [-0.1, -0.05) is 6.07 Å². The molecule has 0 saturated heterocycles. The Morgan fingerprint density at radius 3 is 2.41 bits per heavy atom. The number of halogens is 4. The van der Waals surface area contributed by atoms with E-state index in [0.717, 1.165) is 30.4 Å². The van der Waals surface area contributed by atoms with Gasteiger partial charge in [-0.25, -0.2) is 17.6 Å². The van der Waals surface area contributed by atoms with Crippen LogP contribution in [-0.4, -0.2) is 24.8 Å². The van der Waals surface area contributed by atoms with Crippen molar-refractivity contribution in [1.82, 2.24) is 0 Å². The highest BCUT2D eigenvalue weighted by atomic mass is 19.3. The average Bonchev–Trinajstić information content (AvgIpc) is 2.60. The summed E-state index contributed by atoms with van der Waals surface area (Å²) >= 11 is 0. The molecule has 27 heavy (non-hydrogen) atoms. The number of anilines is 1. The molecule has 5 nitrogen and oxygen atoms in total. The van der Waals surface area contributed by atoms with Crippen molar-refractivity contribution >= 4 is 23.6 Å². The highest BCUT2D eigenvalue weighted by molar-refractivity contribution is 6.03. The van der Waals surface area contributed by atoms with Crippen LogP contribution in [-0.2, 0) is 4.79 Å². The molecule has 0 bridgehead atoms. The molecule has 0 heterocycles. The average molecular weight is 382 g/mol. The van der Waals surface area contributed by atoms with Crippen molar-refractivity contribution in [1.29, 1.82) is 0 Å². The van der Waals surface area contributed by atoms with E-state index in [1.54, 1.807) is 0 Å². The van der Waals surface area contributed by atoms with Gasteiger partial charge in [0.05, 0.1) is 5.69 Å². The largest absolute Gasteiger partial charge is 0.485 e. The van der Waals surface area contributed by atoms with E-state index < -0.39 is 42.0 Å². The monoisotopic (exact) mass is 382 g/mol. The number of primary amides is 1. The van der Waals surface area contributed by atoms with E-state index in [1.165, 1.54) is 18.2 Å². The molecule has 2 amide bonds. The Morgan fingerprint density at radius 2 is 1.81 bits per heavy atom. The Labute approximate surface area is 151 Å². The maximum Gasteiger partial charge on any atom is 0.272 e. The van der Waals surface area contributed by atoms with Gasteiger partial charge in [0, 0.05) is 17.2 Å². The highest BCUT2D eigenvalue weighted by Crippen LogP contribution is 2.26. The third-order valence-electron chi connectivity index (χ3n) is 3.29. The van der Waals surface area contributed by atoms with E-state index in [4.69, 9.17) is 10.5 Å². The maximum atomic E-state index is 13.5. The molecule has 3 N–H and O–H groups in total. The van der Waals surface area contributed by atoms with Gasteiger partial charge < -0.3 is 15.8 Å². The van der Waals surface area contributed by atoms with Crippen molar-refractivity contribution in [3.05, 3.63) is 65.2 Å². The molecule has 0 fully saturated rings. The van der Waals surface area contributed by atoms with Gasteiger partial charge in [0.15, 0.2) is 0 Å². The van der Waals surface area contributed by atoms with E-state index in [9.17, 15) is 27.2 Å². The first-order valence-corrected chi connectivity index (χ1v) is 7.56. The predicted octanol–water partition coefficient (Wildman–Crippen LogP) is 3.36. The molecule has 0 aliphatic carbocycles. The minimum atomic E-state index is -2.78. The Morgan fingerprint density at radius 1 is 1.15 bits per heavy atom. The SMILES string of the molecule is NC(=O)c1ccc(NC(=O)/C=C/c2c(F)cccc2F)c(OCC(F)F)c1. The summed E-state index contributed by atoms with van der Waals surface area (Å²) in [6.07, 6.45) is -0.993. The molecule has 0 atom stereocenters. The van der Waals surface area contributed by atoms with Gasteiger partial charge in [0.25, 0.3) is 6.43 Å². The number of ether oxygens (including phenoxy) is 1. The van der Waals surface area contributed by atoms with Crippen LogP contribution in [0.3, 0.4) is 0 Å². The molecule has 0 radical (unpaired) electrons. The zero-order valence-corrected chi connectivity index (χ0v) is 13.7. The molecule has 0 spiro atoms. The first-order valence-electron chi connectivity index (χ1n) is 7.56. The number of hydrogen-bond donors (Lipinski definition) is 2. The molecule has 2 aromatic carbocycles. The van der Waals surface area contributed by atoms with Crippen LogP contribution in [0.4, 0.5) is 23.2 Å². The fourth-order valence-corrected chi connectivity index (χ4v) is 2.05. The predicted molar refractivity (Wildman–Crippen MR) is 90.5 cm³/mol. The molecule has 0 aromatic heterocycles. The zero-order valence-electron chi connectivity index (χ0n) is 13.7. The second-order valence-electron chi connectivity index (χ2n) is 5.24. The molecule has 0 aliphatic rings. The molecule has 0 aliphatic heterocycles. The van der Waals surface area contributed by atoms with Crippen LogP contribution >= 0.6 is 0 Å². The number of nitrogens with one attached hydrogen (secondary N) is 1. The number of hydrogen-bond acceptors (Lipinski definition) is 3. The van der Waals surface area contributed by atoms with Crippen LogP contribution in [0, 0.1) is 11.6 Å². The molecule has 9 heteroatoms. The second kappa shape index (κ2) is 8.84. The minimum Gasteiger partial charge on any atom is -0.485 e. The van der Waals surface area contributed by atoms with Crippen LogP contribution < -0.4 is 15.8 Å². The van der Waals surface area contributed by atoms with E-state index in [2.05, 4.69) is 5.32 Å². The summed E-state index contributed by atoms with van der Waals surface area (Å²) in [7, 11) is 0. The number of amides is 2.